The molecule has 1 aromatic rings. The van der Waals surface area contributed by atoms with Gasteiger partial charge in [0.05, 0.1) is 0 Å². The maximum Gasteiger partial charge on any atom is 0.326 e. The van der Waals surface area contributed by atoms with E-state index in [2.05, 4.69) is 17.4 Å². The summed E-state index contributed by atoms with van der Waals surface area (Å²) < 4.78 is 0. The summed E-state index contributed by atoms with van der Waals surface area (Å²) in [5.41, 5.74) is 1.25. The summed E-state index contributed by atoms with van der Waals surface area (Å²) in [5, 5.41) is 11.1. The number of hydrogen-bond acceptors (Lipinski definition) is 2. The number of amides is 1. The Hall–Kier alpha value is -1.84. The summed E-state index contributed by atoms with van der Waals surface area (Å²) in [7, 11) is 0. The van der Waals surface area contributed by atoms with Gasteiger partial charge in [0.25, 0.3) is 0 Å². The van der Waals surface area contributed by atoms with Gasteiger partial charge in [0, 0.05) is 0 Å². The van der Waals surface area contributed by atoms with Gasteiger partial charge in [-0.2, -0.15) is 0 Å². The van der Waals surface area contributed by atoms with Crippen molar-refractivity contribution < 1.29 is 14.7 Å². The van der Waals surface area contributed by atoms with Crippen LogP contribution in [0.25, 0.3) is 0 Å². The van der Waals surface area contributed by atoms with E-state index in [-0.39, 0.29) is 0 Å². The van der Waals surface area contributed by atoms with Crippen molar-refractivity contribution in [2.75, 3.05) is 0 Å². The molecule has 4 nitrogen and oxygen atoms in total. The van der Waals surface area contributed by atoms with Crippen LogP contribution in [0.4, 0.5) is 0 Å². The van der Waals surface area contributed by atoms with Crippen LogP contribution in [0.2, 0.25) is 0 Å². The third kappa shape index (κ3) is 5.15. The van der Waals surface area contributed by atoms with Gasteiger partial charge in [-0.1, -0.05) is 36.8 Å². The molecule has 0 aliphatic heterocycles. The van der Waals surface area contributed by atoms with Crippen LogP contribution >= 0.6 is 0 Å². The van der Waals surface area contributed by atoms with Gasteiger partial charge in [-0.15, -0.1) is 0 Å². The van der Waals surface area contributed by atoms with Crippen molar-refractivity contribution in [1.82, 2.24) is 5.32 Å². The maximum atomic E-state index is 10.7. The minimum atomic E-state index is -0.975. The first-order chi connectivity index (χ1) is 8.24. The molecule has 92 valence electrons. The van der Waals surface area contributed by atoms with Gasteiger partial charge in [-0.05, 0) is 24.8 Å². The van der Waals surface area contributed by atoms with E-state index in [4.69, 9.17) is 5.11 Å². The number of benzene rings is 1. The molecule has 1 aromatic carbocycles. The highest BCUT2D eigenvalue weighted by atomic mass is 16.4. The normalized spacial score (nSPS) is 11.8. The van der Waals surface area contributed by atoms with Gasteiger partial charge in [0.1, 0.15) is 6.04 Å². The summed E-state index contributed by atoms with van der Waals surface area (Å²) in [6.07, 6.45) is 3.56. The predicted octanol–water partition coefficient (Wildman–Crippen LogP) is 1.60. The first-order valence-corrected chi connectivity index (χ1v) is 5.70. The van der Waals surface area contributed by atoms with E-state index in [1.54, 1.807) is 0 Å². The molecule has 1 amide bonds. The van der Waals surface area contributed by atoms with Crippen molar-refractivity contribution in [3.05, 3.63) is 35.9 Å². The lowest BCUT2D eigenvalue weighted by Gasteiger charge is -2.10. The van der Waals surface area contributed by atoms with E-state index in [0.29, 0.717) is 12.8 Å². The van der Waals surface area contributed by atoms with Gasteiger partial charge in [0.15, 0.2) is 0 Å². The molecule has 0 fully saturated rings. The van der Waals surface area contributed by atoms with E-state index in [9.17, 15) is 9.59 Å². The average molecular weight is 235 g/mol. The molecule has 0 saturated carbocycles. The molecule has 0 aromatic heterocycles. The number of carbonyl (C=O) groups is 2. The molecular weight excluding hydrogens is 218 g/mol. The number of nitrogens with one attached hydrogen (secondary N) is 1. The second-order valence-corrected chi connectivity index (χ2v) is 3.91. The molecule has 17 heavy (non-hydrogen) atoms. The zero-order valence-electron chi connectivity index (χ0n) is 9.63. The molecular formula is C13H17NO3. The molecule has 0 spiro atoms. The van der Waals surface area contributed by atoms with Gasteiger partial charge in [-0.25, -0.2) is 4.79 Å². The molecule has 0 saturated heterocycles. The molecule has 0 aliphatic carbocycles. The van der Waals surface area contributed by atoms with E-state index in [1.165, 1.54) is 5.56 Å². The molecule has 0 bridgehead atoms. The summed E-state index contributed by atoms with van der Waals surface area (Å²) in [5.74, 6) is -0.975. The Morgan fingerprint density at radius 1 is 1.29 bits per heavy atom. The van der Waals surface area contributed by atoms with Crippen molar-refractivity contribution >= 4 is 12.4 Å². The largest absolute Gasteiger partial charge is 0.480 e. The average Bonchev–Trinajstić information content (AvgIpc) is 2.34. The Bertz CT molecular complexity index is 351. The lowest BCUT2D eigenvalue weighted by molar-refractivity contribution is -0.140. The molecule has 1 unspecified atom stereocenters. The summed E-state index contributed by atoms with van der Waals surface area (Å²) >= 11 is 0. The fourth-order valence-electron chi connectivity index (χ4n) is 1.68. The molecule has 0 aliphatic rings. The topological polar surface area (TPSA) is 66.4 Å². The SMILES string of the molecule is O=CNC(CCCCc1ccccc1)C(=O)O. The van der Waals surface area contributed by atoms with Crippen LogP contribution in [0.1, 0.15) is 24.8 Å². The Morgan fingerprint density at radius 3 is 2.59 bits per heavy atom. The van der Waals surface area contributed by atoms with Crippen molar-refractivity contribution in [3.63, 3.8) is 0 Å². The molecule has 1 rings (SSSR count). The molecule has 0 heterocycles. The van der Waals surface area contributed by atoms with Crippen molar-refractivity contribution in [2.45, 2.75) is 31.7 Å². The fraction of sp³-hybridized carbons (Fsp3) is 0.385. The van der Waals surface area contributed by atoms with Crippen LogP contribution in [0.15, 0.2) is 30.3 Å². The van der Waals surface area contributed by atoms with Gasteiger partial charge >= 0.3 is 5.97 Å². The highest BCUT2D eigenvalue weighted by molar-refractivity contribution is 5.76. The van der Waals surface area contributed by atoms with E-state index in [0.717, 1.165) is 19.3 Å². The smallest absolute Gasteiger partial charge is 0.326 e. The monoisotopic (exact) mass is 235 g/mol. The van der Waals surface area contributed by atoms with Gasteiger partial charge < -0.3 is 10.4 Å². The Morgan fingerprint density at radius 2 is 2.00 bits per heavy atom. The fourth-order valence-corrected chi connectivity index (χ4v) is 1.68. The highest BCUT2D eigenvalue weighted by Crippen LogP contribution is 2.07. The highest BCUT2D eigenvalue weighted by Gasteiger charge is 2.14. The Balaban J connectivity index is 2.23. The van der Waals surface area contributed by atoms with Crippen LogP contribution in [-0.2, 0) is 16.0 Å². The first-order valence-electron chi connectivity index (χ1n) is 5.70. The van der Waals surface area contributed by atoms with Crippen LogP contribution in [-0.4, -0.2) is 23.5 Å². The standard InChI is InChI=1S/C13H17NO3/c15-10-14-12(13(16)17)9-5-4-8-11-6-2-1-3-7-11/h1-3,6-7,10,12H,4-5,8-9H2,(H,14,15)(H,16,17). The van der Waals surface area contributed by atoms with Crippen LogP contribution in [0, 0.1) is 0 Å². The number of unbranched alkanes of at least 4 members (excludes halogenated alkanes) is 1. The second-order valence-electron chi connectivity index (χ2n) is 3.91. The first kappa shape index (κ1) is 13.2. The van der Waals surface area contributed by atoms with Crippen LogP contribution in [0.3, 0.4) is 0 Å². The summed E-state index contributed by atoms with van der Waals surface area (Å²) in [6.45, 7) is 0. The predicted molar refractivity (Wildman–Crippen MR) is 64.6 cm³/mol. The Kier molecular flexibility index (Phi) is 5.79. The maximum absolute atomic E-state index is 10.7. The minimum Gasteiger partial charge on any atom is -0.480 e. The van der Waals surface area contributed by atoms with E-state index < -0.39 is 12.0 Å². The molecule has 2 N–H and O–H groups in total. The molecule has 4 heteroatoms. The summed E-state index contributed by atoms with van der Waals surface area (Å²) in [6, 6.07) is 9.30. The van der Waals surface area contributed by atoms with Crippen LogP contribution in [0.5, 0.6) is 0 Å². The number of aryl methyl sites for hydroxylation is 1. The molecule has 1 atom stereocenters. The van der Waals surface area contributed by atoms with Crippen molar-refractivity contribution in [2.24, 2.45) is 0 Å². The van der Waals surface area contributed by atoms with Gasteiger partial charge in [0.2, 0.25) is 6.41 Å². The lowest BCUT2D eigenvalue weighted by atomic mass is 10.0. The van der Waals surface area contributed by atoms with E-state index >= 15 is 0 Å². The number of carboxylic acid groups (broad SMARTS) is 1. The second kappa shape index (κ2) is 7.44. The molecule has 0 radical (unpaired) electrons. The third-order valence-corrected chi connectivity index (χ3v) is 2.62. The number of carboxylic acids is 1. The number of hydrogen-bond donors (Lipinski definition) is 2. The lowest BCUT2D eigenvalue weighted by Crippen LogP contribution is -2.35. The van der Waals surface area contributed by atoms with Crippen molar-refractivity contribution in [1.29, 1.82) is 0 Å². The Labute approximate surface area is 101 Å². The minimum absolute atomic E-state index is 0.440. The zero-order valence-corrected chi connectivity index (χ0v) is 9.63. The van der Waals surface area contributed by atoms with E-state index in [1.807, 2.05) is 18.2 Å². The van der Waals surface area contributed by atoms with Crippen LogP contribution < -0.4 is 5.32 Å². The zero-order chi connectivity index (χ0) is 12.5. The number of rotatable bonds is 8. The quantitative estimate of drug-likeness (QED) is 0.531. The van der Waals surface area contributed by atoms with Gasteiger partial charge in [-0.3, -0.25) is 4.79 Å². The third-order valence-electron chi connectivity index (χ3n) is 2.62. The van der Waals surface area contributed by atoms with Crippen molar-refractivity contribution in [3.8, 4) is 0 Å². The number of aliphatic carboxylic acids is 1. The number of carbonyl (C=O) groups excluding carboxylic acids is 1. The summed E-state index contributed by atoms with van der Waals surface area (Å²) in [4.78, 5) is 20.9.